The van der Waals surface area contributed by atoms with Crippen molar-refractivity contribution in [1.82, 2.24) is 20.2 Å². The zero-order valence-corrected chi connectivity index (χ0v) is 18.6. The van der Waals surface area contributed by atoms with Crippen molar-refractivity contribution < 1.29 is 14.4 Å². The molecule has 3 heterocycles. The second-order valence-electron chi connectivity index (χ2n) is 8.82. The number of H-pyrrole nitrogens is 1. The molecule has 0 aliphatic carbocycles. The SMILES string of the molecule is CC12CCC(=O)N1c1ccccc1C(=O)N2CCC(=O)NCCCc1nc2ccccc2[nH]1. The summed E-state index contributed by atoms with van der Waals surface area (Å²) in [6.45, 7) is 2.72. The maximum absolute atomic E-state index is 13.2. The summed E-state index contributed by atoms with van der Waals surface area (Å²) >= 11 is 0. The Morgan fingerprint density at radius 2 is 1.94 bits per heavy atom. The number of fused-ring (bicyclic) bond motifs is 4. The number of rotatable bonds is 7. The molecule has 1 unspecified atom stereocenters. The zero-order valence-electron chi connectivity index (χ0n) is 18.6. The molecule has 5 rings (SSSR count). The van der Waals surface area contributed by atoms with E-state index in [0.29, 0.717) is 30.6 Å². The summed E-state index contributed by atoms with van der Waals surface area (Å²) in [5, 5.41) is 2.94. The second-order valence-corrected chi connectivity index (χ2v) is 8.82. The van der Waals surface area contributed by atoms with Crippen LogP contribution in [0.25, 0.3) is 11.0 Å². The average Bonchev–Trinajstić information content (AvgIpc) is 3.37. The van der Waals surface area contributed by atoms with Gasteiger partial charge in [-0.2, -0.15) is 0 Å². The molecule has 1 fully saturated rings. The number of carbonyl (C=O) groups excluding carboxylic acids is 3. The maximum Gasteiger partial charge on any atom is 0.257 e. The third-order valence-corrected chi connectivity index (χ3v) is 6.66. The number of amides is 3. The molecule has 2 aliphatic rings. The van der Waals surface area contributed by atoms with E-state index in [9.17, 15) is 14.4 Å². The van der Waals surface area contributed by atoms with Crippen LogP contribution in [-0.2, 0) is 16.0 Å². The number of aromatic amines is 1. The van der Waals surface area contributed by atoms with E-state index in [0.717, 1.165) is 29.7 Å². The number of anilines is 1. The number of nitrogens with one attached hydrogen (secondary N) is 2. The maximum atomic E-state index is 13.2. The summed E-state index contributed by atoms with van der Waals surface area (Å²) in [5.74, 6) is 0.682. The summed E-state index contributed by atoms with van der Waals surface area (Å²) in [6.07, 6.45) is 2.65. The Balaban J connectivity index is 1.17. The fourth-order valence-electron chi connectivity index (χ4n) is 4.95. The topological polar surface area (TPSA) is 98.4 Å². The lowest BCUT2D eigenvalue weighted by Crippen LogP contribution is -2.62. The molecule has 2 N–H and O–H groups in total. The van der Waals surface area contributed by atoms with E-state index in [1.165, 1.54) is 0 Å². The van der Waals surface area contributed by atoms with Gasteiger partial charge in [-0.05, 0) is 44.0 Å². The molecule has 0 saturated carbocycles. The van der Waals surface area contributed by atoms with E-state index in [1.807, 2.05) is 43.3 Å². The standard InChI is InChI=1S/C25H27N5O3/c1-25-14-12-23(32)30(25)20-10-5-2-7-17(20)24(33)29(25)16-13-22(31)26-15-6-11-21-27-18-8-3-4-9-19(18)28-21/h2-5,7-10H,6,11-16H2,1H3,(H,26,31)(H,27,28). The van der Waals surface area contributed by atoms with Crippen LogP contribution in [0.4, 0.5) is 5.69 Å². The predicted molar refractivity (Wildman–Crippen MR) is 125 cm³/mol. The minimum absolute atomic E-state index is 0.0116. The molecular weight excluding hydrogens is 418 g/mol. The van der Waals surface area contributed by atoms with Crippen LogP contribution in [0.1, 0.15) is 48.8 Å². The smallest absolute Gasteiger partial charge is 0.257 e. The van der Waals surface area contributed by atoms with E-state index in [-0.39, 0.29) is 30.7 Å². The van der Waals surface area contributed by atoms with Gasteiger partial charge in [-0.15, -0.1) is 0 Å². The van der Waals surface area contributed by atoms with Crippen molar-refractivity contribution in [1.29, 1.82) is 0 Å². The molecule has 1 aromatic heterocycles. The molecular formula is C25H27N5O3. The van der Waals surface area contributed by atoms with Crippen LogP contribution < -0.4 is 10.2 Å². The fraction of sp³-hybridized carbons (Fsp3) is 0.360. The van der Waals surface area contributed by atoms with Gasteiger partial charge in [0, 0.05) is 32.4 Å². The monoisotopic (exact) mass is 445 g/mol. The summed E-state index contributed by atoms with van der Waals surface area (Å²) in [4.78, 5) is 49.6. The molecule has 1 atom stereocenters. The molecule has 8 heteroatoms. The highest BCUT2D eigenvalue weighted by Gasteiger charge is 2.52. The van der Waals surface area contributed by atoms with Crippen molar-refractivity contribution in [3.63, 3.8) is 0 Å². The fourth-order valence-corrected chi connectivity index (χ4v) is 4.95. The molecule has 8 nitrogen and oxygen atoms in total. The highest BCUT2D eigenvalue weighted by molar-refractivity contribution is 6.10. The summed E-state index contributed by atoms with van der Waals surface area (Å²) in [7, 11) is 0. The Kier molecular flexibility index (Phi) is 5.36. The van der Waals surface area contributed by atoms with Crippen LogP contribution in [0.15, 0.2) is 48.5 Å². The van der Waals surface area contributed by atoms with Gasteiger partial charge in [0.2, 0.25) is 11.8 Å². The molecule has 2 aromatic carbocycles. The third kappa shape index (κ3) is 3.75. The number of nitrogens with zero attached hydrogens (tertiary/aromatic N) is 3. The number of para-hydroxylation sites is 3. The number of hydrogen-bond acceptors (Lipinski definition) is 4. The van der Waals surface area contributed by atoms with Gasteiger partial charge in [0.15, 0.2) is 0 Å². The van der Waals surface area contributed by atoms with Crippen molar-refractivity contribution in [3.05, 3.63) is 59.9 Å². The minimum Gasteiger partial charge on any atom is -0.356 e. The Morgan fingerprint density at radius 3 is 2.79 bits per heavy atom. The van der Waals surface area contributed by atoms with Gasteiger partial charge in [-0.25, -0.2) is 4.98 Å². The molecule has 0 bridgehead atoms. The lowest BCUT2D eigenvalue weighted by molar-refractivity contribution is -0.121. The van der Waals surface area contributed by atoms with E-state index in [4.69, 9.17) is 0 Å². The Hall–Kier alpha value is -3.68. The van der Waals surface area contributed by atoms with E-state index >= 15 is 0 Å². The molecule has 3 aromatic rings. The van der Waals surface area contributed by atoms with Crippen LogP contribution in [0.5, 0.6) is 0 Å². The predicted octanol–water partition coefficient (Wildman–Crippen LogP) is 3.00. The van der Waals surface area contributed by atoms with Gasteiger partial charge < -0.3 is 15.2 Å². The largest absolute Gasteiger partial charge is 0.356 e. The van der Waals surface area contributed by atoms with Crippen LogP contribution >= 0.6 is 0 Å². The van der Waals surface area contributed by atoms with Crippen molar-refractivity contribution in [2.75, 3.05) is 18.0 Å². The summed E-state index contributed by atoms with van der Waals surface area (Å²) in [5.41, 5.74) is 2.40. The number of aromatic nitrogens is 2. The normalized spacial score (nSPS) is 19.7. The van der Waals surface area contributed by atoms with Crippen LogP contribution in [0, 0.1) is 0 Å². The lowest BCUT2D eigenvalue weighted by atomic mass is 9.98. The first kappa shape index (κ1) is 21.2. The van der Waals surface area contributed by atoms with E-state index in [1.54, 1.807) is 21.9 Å². The zero-order chi connectivity index (χ0) is 23.0. The summed E-state index contributed by atoms with van der Waals surface area (Å²) in [6, 6.07) is 15.1. The first-order valence-electron chi connectivity index (χ1n) is 11.4. The number of hydrogen-bond donors (Lipinski definition) is 2. The first-order valence-corrected chi connectivity index (χ1v) is 11.4. The van der Waals surface area contributed by atoms with Crippen LogP contribution in [0.2, 0.25) is 0 Å². The molecule has 1 saturated heterocycles. The minimum atomic E-state index is -0.732. The summed E-state index contributed by atoms with van der Waals surface area (Å²) < 4.78 is 0. The highest BCUT2D eigenvalue weighted by Crippen LogP contribution is 2.43. The van der Waals surface area contributed by atoms with Crippen LogP contribution in [0.3, 0.4) is 0 Å². The molecule has 3 amide bonds. The van der Waals surface area contributed by atoms with Crippen molar-refractivity contribution in [3.8, 4) is 0 Å². The third-order valence-electron chi connectivity index (χ3n) is 6.66. The second kappa shape index (κ2) is 8.35. The average molecular weight is 446 g/mol. The number of benzene rings is 2. The number of carbonyl (C=O) groups is 3. The Labute approximate surface area is 192 Å². The Morgan fingerprint density at radius 1 is 1.15 bits per heavy atom. The number of aryl methyl sites for hydroxylation is 1. The van der Waals surface area contributed by atoms with Gasteiger partial charge in [-0.1, -0.05) is 24.3 Å². The quantitative estimate of drug-likeness (QED) is 0.546. The van der Waals surface area contributed by atoms with Crippen LogP contribution in [-0.4, -0.2) is 51.3 Å². The molecule has 33 heavy (non-hydrogen) atoms. The van der Waals surface area contributed by atoms with Gasteiger partial charge in [-0.3, -0.25) is 19.3 Å². The molecule has 170 valence electrons. The van der Waals surface area contributed by atoms with Gasteiger partial charge in [0.1, 0.15) is 11.5 Å². The number of imidazole rings is 1. The van der Waals surface area contributed by atoms with Gasteiger partial charge in [0.05, 0.1) is 22.3 Å². The van der Waals surface area contributed by atoms with Crippen molar-refractivity contribution in [2.45, 2.75) is 44.7 Å². The highest BCUT2D eigenvalue weighted by atomic mass is 16.2. The molecule has 0 radical (unpaired) electrons. The Bertz CT molecular complexity index is 1200. The van der Waals surface area contributed by atoms with Crippen molar-refractivity contribution in [2.24, 2.45) is 0 Å². The first-order chi connectivity index (χ1) is 16.0. The van der Waals surface area contributed by atoms with E-state index < -0.39 is 5.66 Å². The van der Waals surface area contributed by atoms with E-state index in [2.05, 4.69) is 15.3 Å². The van der Waals surface area contributed by atoms with Gasteiger partial charge >= 0.3 is 0 Å². The van der Waals surface area contributed by atoms with Gasteiger partial charge in [0.25, 0.3) is 5.91 Å². The van der Waals surface area contributed by atoms with Crippen molar-refractivity contribution >= 4 is 34.4 Å². The molecule has 0 spiro atoms. The lowest BCUT2D eigenvalue weighted by Gasteiger charge is -2.48. The molecule has 2 aliphatic heterocycles.